The van der Waals surface area contributed by atoms with Crippen molar-refractivity contribution in [3.8, 4) is 5.75 Å². The maximum atomic E-state index is 11.5. The third-order valence-electron chi connectivity index (χ3n) is 2.10. The Balaban J connectivity index is 2.77. The van der Waals surface area contributed by atoms with E-state index in [1.165, 1.54) is 0 Å². The highest BCUT2D eigenvalue weighted by molar-refractivity contribution is 5.87. The highest BCUT2D eigenvalue weighted by Crippen LogP contribution is 2.25. The summed E-state index contributed by atoms with van der Waals surface area (Å²) in [6.07, 6.45) is 0.268. The summed E-state index contributed by atoms with van der Waals surface area (Å²) in [7, 11) is 0. The normalized spacial score (nSPS) is 11.1. The molecular formula is C13H19NO3. The fourth-order valence-corrected chi connectivity index (χ4v) is 1.32. The van der Waals surface area contributed by atoms with Gasteiger partial charge in [-0.25, -0.2) is 4.79 Å². The highest BCUT2D eigenvalue weighted by atomic mass is 16.6. The van der Waals surface area contributed by atoms with Crippen LogP contribution in [-0.2, 0) is 11.2 Å². The topological polar surface area (TPSA) is 58.6 Å². The molecule has 0 radical (unpaired) electrons. The predicted octanol–water partition coefficient (Wildman–Crippen LogP) is 3.30. The largest absolute Gasteiger partial charge is 0.506 e. The third kappa shape index (κ3) is 4.34. The van der Waals surface area contributed by atoms with Gasteiger partial charge < -0.3 is 9.84 Å². The van der Waals surface area contributed by atoms with Crippen LogP contribution in [0.25, 0.3) is 0 Å². The summed E-state index contributed by atoms with van der Waals surface area (Å²) in [5.41, 5.74) is 0.856. The van der Waals surface area contributed by atoms with Crippen LogP contribution in [0.1, 0.15) is 33.3 Å². The molecule has 1 amide bonds. The Hall–Kier alpha value is -1.71. The molecule has 2 N–H and O–H groups in total. The van der Waals surface area contributed by atoms with Crippen LogP contribution >= 0.6 is 0 Å². The maximum absolute atomic E-state index is 11.5. The zero-order chi connectivity index (χ0) is 13.1. The third-order valence-corrected chi connectivity index (χ3v) is 2.10. The van der Waals surface area contributed by atoms with E-state index in [0.717, 1.165) is 12.0 Å². The number of anilines is 1. The minimum Gasteiger partial charge on any atom is -0.506 e. The molecule has 0 aliphatic rings. The predicted molar refractivity (Wildman–Crippen MR) is 67.3 cm³/mol. The standard InChI is InChI=1S/C13H19NO3/c1-5-9-6-7-11(15)10(8-9)14-12(16)17-13(2,3)4/h6-8,15H,5H2,1-4H3,(H,14,16). The number of amides is 1. The molecule has 1 aromatic rings. The number of aryl methyl sites for hydroxylation is 1. The SMILES string of the molecule is CCc1ccc(O)c(NC(=O)OC(C)(C)C)c1. The Bertz CT molecular complexity index is 408. The molecule has 0 aliphatic carbocycles. The molecule has 94 valence electrons. The molecular weight excluding hydrogens is 218 g/mol. The van der Waals surface area contributed by atoms with Crippen LogP contribution in [0, 0.1) is 0 Å². The number of benzene rings is 1. The molecule has 0 aliphatic heterocycles. The lowest BCUT2D eigenvalue weighted by molar-refractivity contribution is 0.0635. The van der Waals surface area contributed by atoms with Gasteiger partial charge in [-0.15, -0.1) is 0 Å². The molecule has 4 nitrogen and oxygen atoms in total. The summed E-state index contributed by atoms with van der Waals surface area (Å²) in [5.74, 6) is 0.0352. The number of phenols is 1. The van der Waals surface area contributed by atoms with Gasteiger partial charge in [0.2, 0.25) is 0 Å². The lowest BCUT2D eigenvalue weighted by atomic mass is 10.1. The van der Waals surface area contributed by atoms with E-state index in [1.807, 2.05) is 13.0 Å². The van der Waals surface area contributed by atoms with E-state index in [4.69, 9.17) is 4.74 Å². The van der Waals surface area contributed by atoms with Gasteiger partial charge in [0.25, 0.3) is 0 Å². The quantitative estimate of drug-likeness (QED) is 0.776. The van der Waals surface area contributed by atoms with Crippen molar-refractivity contribution in [1.82, 2.24) is 0 Å². The van der Waals surface area contributed by atoms with Crippen LogP contribution in [0.3, 0.4) is 0 Å². The van der Waals surface area contributed by atoms with E-state index >= 15 is 0 Å². The summed E-state index contributed by atoms with van der Waals surface area (Å²) < 4.78 is 5.11. The Morgan fingerprint density at radius 1 is 1.41 bits per heavy atom. The number of hydrogen-bond acceptors (Lipinski definition) is 3. The van der Waals surface area contributed by atoms with Crippen molar-refractivity contribution in [3.63, 3.8) is 0 Å². The highest BCUT2D eigenvalue weighted by Gasteiger charge is 2.17. The van der Waals surface area contributed by atoms with Gasteiger partial charge in [-0.3, -0.25) is 5.32 Å². The van der Waals surface area contributed by atoms with Crippen LogP contribution in [0.4, 0.5) is 10.5 Å². The summed E-state index contributed by atoms with van der Waals surface area (Å²) >= 11 is 0. The summed E-state index contributed by atoms with van der Waals surface area (Å²) in [4.78, 5) is 11.5. The second kappa shape index (κ2) is 5.08. The summed E-state index contributed by atoms with van der Waals surface area (Å²) in [5, 5.41) is 12.1. The first kappa shape index (κ1) is 13.4. The first-order valence-electron chi connectivity index (χ1n) is 5.63. The number of carbonyl (C=O) groups is 1. The van der Waals surface area contributed by atoms with E-state index < -0.39 is 11.7 Å². The molecule has 17 heavy (non-hydrogen) atoms. The van der Waals surface area contributed by atoms with Crippen LogP contribution in [0.15, 0.2) is 18.2 Å². The molecule has 4 heteroatoms. The second-order valence-electron chi connectivity index (χ2n) is 4.83. The molecule has 0 atom stereocenters. The van der Waals surface area contributed by atoms with Gasteiger partial charge in [0.05, 0.1) is 5.69 Å². The van der Waals surface area contributed by atoms with Crippen molar-refractivity contribution < 1.29 is 14.6 Å². The lowest BCUT2D eigenvalue weighted by Crippen LogP contribution is -2.27. The number of hydrogen-bond donors (Lipinski definition) is 2. The zero-order valence-electron chi connectivity index (χ0n) is 10.7. The number of rotatable bonds is 2. The fraction of sp³-hybridized carbons (Fsp3) is 0.462. The average molecular weight is 237 g/mol. The molecule has 0 unspecified atom stereocenters. The first-order valence-corrected chi connectivity index (χ1v) is 5.63. The molecule has 0 saturated heterocycles. The molecule has 0 bridgehead atoms. The smallest absolute Gasteiger partial charge is 0.412 e. The second-order valence-corrected chi connectivity index (χ2v) is 4.83. The van der Waals surface area contributed by atoms with Gasteiger partial charge in [0, 0.05) is 0 Å². The molecule has 1 aromatic carbocycles. The monoisotopic (exact) mass is 237 g/mol. The summed E-state index contributed by atoms with van der Waals surface area (Å²) in [6.45, 7) is 7.36. The number of aromatic hydroxyl groups is 1. The molecule has 0 fully saturated rings. The molecule has 0 aromatic heterocycles. The van der Waals surface area contributed by atoms with Crippen molar-refractivity contribution >= 4 is 11.8 Å². The lowest BCUT2D eigenvalue weighted by Gasteiger charge is -2.20. The number of ether oxygens (including phenoxy) is 1. The van der Waals surface area contributed by atoms with E-state index in [2.05, 4.69) is 5.32 Å². The fourth-order valence-electron chi connectivity index (χ4n) is 1.32. The Kier molecular flexibility index (Phi) is 3.99. The van der Waals surface area contributed by atoms with Gasteiger partial charge in [-0.2, -0.15) is 0 Å². The minimum atomic E-state index is -0.568. The molecule has 0 spiro atoms. The number of phenolic OH excluding ortho intramolecular Hbond substituents is 1. The minimum absolute atomic E-state index is 0.0352. The Morgan fingerprint density at radius 3 is 2.59 bits per heavy atom. The van der Waals surface area contributed by atoms with Crippen LogP contribution in [0.5, 0.6) is 5.75 Å². The van der Waals surface area contributed by atoms with Gasteiger partial charge >= 0.3 is 6.09 Å². The van der Waals surface area contributed by atoms with Crippen molar-refractivity contribution in [2.45, 2.75) is 39.7 Å². The van der Waals surface area contributed by atoms with E-state index in [1.54, 1.807) is 32.9 Å². The van der Waals surface area contributed by atoms with Gasteiger partial charge in [0.15, 0.2) is 0 Å². The van der Waals surface area contributed by atoms with Crippen LogP contribution in [-0.4, -0.2) is 16.8 Å². The summed E-state index contributed by atoms with van der Waals surface area (Å²) in [6, 6.07) is 5.11. The van der Waals surface area contributed by atoms with Crippen LogP contribution in [0.2, 0.25) is 0 Å². The molecule has 1 rings (SSSR count). The zero-order valence-corrected chi connectivity index (χ0v) is 10.7. The van der Waals surface area contributed by atoms with Crippen molar-refractivity contribution in [3.05, 3.63) is 23.8 Å². The number of carbonyl (C=O) groups excluding carboxylic acids is 1. The van der Waals surface area contributed by atoms with Gasteiger partial charge in [-0.1, -0.05) is 13.0 Å². The average Bonchev–Trinajstić information content (AvgIpc) is 2.18. The molecule has 0 heterocycles. The number of nitrogens with one attached hydrogen (secondary N) is 1. The van der Waals surface area contributed by atoms with Crippen molar-refractivity contribution in [2.75, 3.05) is 5.32 Å². The van der Waals surface area contributed by atoms with E-state index in [-0.39, 0.29) is 5.75 Å². The van der Waals surface area contributed by atoms with Gasteiger partial charge in [0.1, 0.15) is 11.4 Å². The van der Waals surface area contributed by atoms with Crippen molar-refractivity contribution in [2.24, 2.45) is 0 Å². The van der Waals surface area contributed by atoms with Gasteiger partial charge in [-0.05, 0) is 44.9 Å². The van der Waals surface area contributed by atoms with E-state index in [0.29, 0.717) is 5.69 Å². The first-order chi connectivity index (χ1) is 7.81. The van der Waals surface area contributed by atoms with Crippen LogP contribution < -0.4 is 5.32 Å². The maximum Gasteiger partial charge on any atom is 0.412 e. The molecule has 0 saturated carbocycles. The van der Waals surface area contributed by atoms with E-state index in [9.17, 15) is 9.90 Å². The Labute approximate surface area is 102 Å². The van der Waals surface area contributed by atoms with Crippen molar-refractivity contribution in [1.29, 1.82) is 0 Å². The Morgan fingerprint density at radius 2 is 2.06 bits per heavy atom.